The molecule has 4 N–H and O–H groups in total. The summed E-state index contributed by atoms with van der Waals surface area (Å²) in [4.78, 5) is 12.5. The summed E-state index contributed by atoms with van der Waals surface area (Å²) in [6.45, 7) is 0.410. The molecule has 0 aliphatic carbocycles. The van der Waals surface area contributed by atoms with Gasteiger partial charge in [0.2, 0.25) is 10.0 Å². The van der Waals surface area contributed by atoms with Gasteiger partial charge in [0, 0.05) is 12.1 Å². The Morgan fingerprint density at radius 3 is 2.42 bits per heavy atom. The minimum Gasteiger partial charge on any atom is -0.352 e. The van der Waals surface area contributed by atoms with Gasteiger partial charge in [0.25, 0.3) is 5.91 Å². The van der Waals surface area contributed by atoms with Gasteiger partial charge in [-0.1, -0.05) is 42.5 Å². The fourth-order valence-electron chi connectivity index (χ4n) is 2.54. The van der Waals surface area contributed by atoms with Crippen LogP contribution in [0.15, 0.2) is 65.7 Å². The normalized spacial score (nSPS) is 11.3. The molecule has 1 aromatic heterocycles. The number of sulfonamides is 1. The monoisotopic (exact) mass is 370 g/mol. The van der Waals surface area contributed by atoms with Gasteiger partial charge < -0.3 is 5.32 Å². The van der Waals surface area contributed by atoms with E-state index < -0.39 is 10.0 Å². The van der Waals surface area contributed by atoms with E-state index >= 15 is 0 Å². The topological polar surface area (TPSA) is 118 Å². The zero-order chi connectivity index (χ0) is 18.6. The van der Waals surface area contributed by atoms with Crippen molar-refractivity contribution in [1.29, 1.82) is 0 Å². The van der Waals surface area contributed by atoms with E-state index in [1.165, 1.54) is 18.3 Å². The number of nitrogens with zero attached hydrogens (tertiary/aromatic N) is 1. The zero-order valence-electron chi connectivity index (χ0n) is 13.8. The number of carbonyl (C=O) groups excluding carboxylic acids is 1. The number of carbonyl (C=O) groups is 1. The first-order chi connectivity index (χ1) is 12.4. The quantitative estimate of drug-likeness (QED) is 0.612. The Morgan fingerprint density at radius 2 is 1.77 bits per heavy atom. The van der Waals surface area contributed by atoms with Crippen LogP contribution in [0.5, 0.6) is 0 Å². The van der Waals surface area contributed by atoms with Crippen molar-refractivity contribution in [3.05, 3.63) is 71.9 Å². The molecule has 1 amide bonds. The van der Waals surface area contributed by atoms with E-state index in [-0.39, 0.29) is 10.8 Å². The van der Waals surface area contributed by atoms with Crippen LogP contribution in [0.25, 0.3) is 11.3 Å². The fourth-order valence-corrected chi connectivity index (χ4v) is 3.06. The number of benzene rings is 2. The summed E-state index contributed by atoms with van der Waals surface area (Å²) in [5, 5.41) is 14.7. The molecule has 0 radical (unpaired) electrons. The number of nitrogens with two attached hydrogens (primary N) is 1. The molecule has 0 saturated heterocycles. The van der Waals surface area contributed by atoms with Gasteiger partial charge in [0.1, 0.15) is 0 Å². The first-order valence-corrected chi connectivity index (χ1v) is 9.48. The number of hydrogen-bond donors (Lipinski definition) is 3. The van der Waals surface area contributed by atoms with E-state index in [0.717, 1.165) is 11.1 Å². The minimum atomic E-state index is -3.69. The summed E-state index contributed by atoms with van der Waals surface area (Å²) >= 11 is 0. The molecule has 134 valence electrons. The van der Waals surface area contributed by atoms with E-state index in [2.05, 4.69) is 15.5 Å². The van der Waals surface area contributed by atoms with E-state index in [0.29, 0.717) is 24.2 Å². The lowest BCUT2D eigenvalue weighted by molar-refractivity contribution is 0.0955. The number of aromatic nitrogens is 2. The second-order valence-electron chi connectivity index (χ2n) is 5.72. The average molecular weight is 370 g/mol. The van der Waals surface area contributed by atoms with Crippen molar-refractivity contribution in [2.45, 2.75) is 11.3 Å². The molecule has 1 heterocycles. The van der Waals surface area contributed by atoms with Crippen molar-refractivity contribution in [2.75, 3.05) is 6.54 Å². The van der Waals surface area contributed by atoms with Crippen LogP contribution in [0.3, 0.4) is 0 Å². The van der Waals surface area contributed by atoms with E-state index in [4.69, 9.17) is 5.14 Å². The number of aromatic amines is 1. The van der Waals surface area contributed by atoms with Crippen molar-refractivity contribution >= 4 is 15.9 Å². The Labute approximate surface area is 151 Å². The van der Waals surface area contributed by atoms with Gasteiger partial charge >= 0.3 is 0 Å². The van der Waals surface area contributed by atoms with Crippen molar-refractivity contribution < 1.29 is 13.2 Å². The molecule has 0 aliphatic heterocycles. The van der Waals surface area contributed by atoms with Crippen molar-refractivity contribution in [1.82, 2.24) is 15.5 Å². The predicted octanol–water partition coefficient (Wildman–Crippen LogP) is 1.70. The molecule has 3 aromatic rings. The molecule has 26 heavy (non-hydrogen) atoms. The van der Waals surface area contributed by atoms with E-state index in [1.807, 2.05) is 30.3 Å². The maximum absolute atomic E-state index is 12.4. The number of amides is 1. The van der Waals surface area contributed by atoms with Crippen molar-refractivity contribution in [3.63, 3.8) is 0 Å². The number of H-pyrrole nitrogens is 1. The van der Waals surface area contributed by atoms with Crippen LogP contribution in [0.1, 0.15) is 15.9 Å². The molecular weight excluding hydrogens is 352 g/mol. The third-order valence-electron chi connectivity index (χ3n) is 3.90. The fraction of sp³-hybridized carbons (Fsp3) is 0.111. The molecule has 3 rings (SSSR count). The van der Waals surface area contributed by atoms with Gasteiger partial charge in [-0.15, -0.1) is 0 Å². The van der Waals surface area contributed by atoms with Crippen LogP contribution in [0, 0.1) is 0 Å². The van der Waals surface area contributed by atoms with Gasteiger partial charge in [0.15, 0.2) is 0 Å². The number of rotatable bonds is 6. The summed E-state index contributed by atoms with van der Waals surface area (Å²) < 4.78 is 22.5. The molecule has 0 atom stereocenters. The van der Waals surface area contributed by atoms with E-state index in [1.54, 1.807) is 12.1 Å². The number of hydrogen-bond acceptors (Lipinski definition) is 4. The highest BCUT2D eigenvalue weighted by Crippen LogP contribution is 2.20. The number of nitrogens with one attached hydrogen (secondary N) is 2. The summed E-state index contributed by atoms with van der Waals surface area (Å²) in [6, 6.07) is 15.8. The lowest BCUT2D eigenvalue weighted by Crippen LogP contribution is -2.25. The van der Waals surface area contributed by atoms with Crippen LogP contribution in [-0.2, 0) is 16.4 Å². The van der Waals surface area contributed by atoms with Crippen LogP contribution in [-0.4, -0.2) is 31.1 Å². The molecule has 0 spiro atoms. The first-order valence-electron chi connectivity index (χ1n) is 7.94. The summed E-state index contributed by atoms with van der Waals surface area (Å²) in [5.41, 5.74) is 2.92. The molecule has 0 unspecified atom stereocenters. The average Bonchev–Trinajstić information content (AvgIpc) is 3.12. The Kier molecular flexibility index (Phi) is 5.15. The lowest BCUT2D eigenvalue weighted by Gasteiger charge is -2.07. The molecule has 8 heteroatoms. The zero-order valence-corrected chi connectivity index (χ0v) is 14.7. The molecular formula is C18H18N4O3S. The van der Waals surface area contributed by atoms with Gasteiger partial charge in [-0.05, 0) is 24.1 Å². The molecule has 0 aliphatic rings. The molecule has 2 aromatic carbocycles. The van der Waals surface area contributed by atoms with Crippen molar-refractivity contribution in [2.24, 2.45) is 5.14 Å². The SMILES string of the molecule is NS(=O)(=O)c1ccc(CCNC(=O)c2cn[nH]c2-c2ccccc2)cc1. The predicted molar refractivity (Wildman–Crippen MR) is 97.9 cm³/mol. The summed E-state index contributed by atoms with van der Waals surface area (Å²) in [7, 11) is -3.69. The van der Waals surface area contributed by atoms with Crippen LogP contribution in [0.2, 0.25) is 0 Å². The highest BCUT2D eigenvalue weighted by molar-refractivity contribution is 7.89. The second kappa shape index (κ2) is 7.51. The van der Waals surface area contributed by atoms with Crippen LogP contribution >= 0.6 is 0 Å². The molecule has 0 bridgehead atoms. The summed E-state index contributed by atoms with van der Waals surface area (Å²) in [6.07, 6.45) is 2.06. The second-order valence-corrected chi connectivity index (χ2v) is 7.28. The molecule has 7 nitrogen and oxygen atoms in total. The highest BCUT2D eigenvalue weighted by Gasteiger charge is 2.14. The Morgan fingerprint density at radius 1 is 1.08 bits per heavy atom. The third kappa shape index (κ3) is 4.16. The summed E-state index contributed by atoms with van der Waals surface area (Å²) in [5.74, 6) is -0.223. The Hall–Kier alpha value is -2.97. The largest absolute Gasteiger partial charge is 0.352 e. The van der Waals surface area contributed by atoms with Gasteiger partial charge in [0.05, 0.1) is 22.3 Å². The van der Waals surface area contributed by atoms with Gasteiger partial charge in [-0.25, -0.2) is 13.6 Å². The van der Waals surface area contributed by atoms with E-state index in [9.17, 15) is 13.2 Å². The molecule has 0 saturated carbocycles. The minimum absolute atomic E-state index is 0.0659. The Bertz CT molecular complexity index is 996. The lowest BCUT2D eigenvalue weighted by atomic mass is 10.1. The smallest absolute Gasteiger partial charge is 0.255 e. The standard InChI is InChI=1S/C18H18N4O3S/c19-26(24,25)15-8-6-13(7-9-15)10-11-20-18(23)16-12-21-22-17(16)14-4-2-1-3-5-14/h1-9,12H,10-11H2,(H,20,23)(H,21,22)(H2,19,24,25). The van der Waals surface area contributed by atoms with Crippen LogP contribution in [0.4, 0.5) is 0 Å². The van der Waals surface area contributed by atoms with Gasteiger partial charge in [-0.3, -0.25) is 9.89 Å². The maximum atomic E-state index is 12.4. The first kappa shape index (κ1) is 17.8. The Balaban J connectivity index is 1.61. The number of primary sulfonamides is 1. The van der Waals surface area contributed by atoms with Crippen LogP contribution < -0.4 is 10.5 Å². The highest BCUT2D eigenvalue weighted by atomic mass is 32.2. The van der Waals surface area contributed by atoms with Crippen molar-refractivity contribution in [3.8, 4) is 11.3 Å². The van der Waals surface area contributed by atoms with Gasteiger partial charge in [-0.2, -0.15) is 5.10 Å². The molecule has 0 fully saturated rings. The third-order valence-corrected chi connectivity index (χ3v) is 4.83. The maximum Gasteiger partial charge on any atom is 0.255 e.